The monoisotopic (exact) mass is 716 g/mol. The van der Waals surface area contributed by atoms with Crippen molar-refractivity contribution in [2.75, 3.05) is 6.61 Å². The summed E-state index contributed by atoms with van der Waals surface area (Å²) in [5.74, 6) is -0.448. The van der Waals surface area contributed by atoms with Gasteiger partial charge in [-0.05, 0) is 98.8 Å². The number of hydrogen-bond acceptors (Lipinski definition) is 6. The third-order valence-corrected chi connectivity index (χ3v) is 14.8. The molecule has 3 atom stereocenters. The van der Waals surface area contributed by atoms with Crippen LogP contribution >= 0.6 is 0 Å². The lowest BCUT2D eigenvalue weighted by Gasteiger charge is -2.43. The van der Waals surface area contributed by atoms with E-state index in [0.717, 1.165) is 24.2 Å². The van der Waals surface area contributed by atoms with Gasteiger partial charge in [-0.2, -0.15) is 0 Å². The topological polar surface area (TPSA) is 77.4 Å². The Labute approximate surface area is 309 Å². The first-order valence-electron chi connectivity index (χ1n) is 19.2. The van der Waals surface area contributed by atoms with E-state index in [1.807, 2.05) is 25.1 Å². The third kappa shape index (κ3) is 13.0. The predicted molar refractivity (Wildman–Crippen MR) is 211 cm³/mol. The first-order chi connectivity index (χ1) is 24.4. The Morgan fingerprint density at radius 3 is 1.92 bits per heavy atom. The maximum Gasteiger partial charge on any atom is 0.261 e. The quantitative estimate of drug-likeness (QED) is 0.0593. The molecule has 1 unspecified atom stereocenters. The van der Waals surface area contributed by atoms with Crippen molar-refractivity contribution in [2.24, 2.45) is 0 Å². The summed E-state index contributed by atoms with van der Waals surface area (Å²) in [6.07, 6.45) is 13.2. The first kappa shape index (κ1) is 41.0. The third-order valence-electron chi connectivity index (χ3n) is 9.80. The van der Waals surface area contributed by atoms with Crippen LogP contribution < -0.4 is 15.1 Å². The Hall–Kier alpha value is -2.78. The summed E-state index contributed by atoms with van der Waals surface area (Å²) in [6.45, 7) is 13.1. The molecule has 0 saturated heterocycles. The van der Waals surface area contributed by atoms with Crippen LogP contribution in [0, 0.1) is 0 Å². The molecule has 4 rings (SSSR count). The number of aliphatic hydroxyl groups excluding tert-OH is 1. The summed E-state index contributed by atoms with van der Waals surface area (Å²) >= 11 is 0. The van der Waals surface area contributed by atoms with Gasteiger partial charge < -0.3 is 28.8 Å². The Bertz CT molecular complexity index is 1370. The van der Waals surface area contributed by atoms with E-state index >= 15 is 0 Å². The minimum atomic E-state index is -2.66. The molecular formula is C44H64O6Si. The largest absolute Gasteiger partial charge is 0.490 e. The van der Waals surface area contributed by atoms with Crippen molar-refractivity contribution < 1.29 is 28.8 Å². The molecule has 1 fully saturated rings. The first-order valence-corrected chi connectivity index (χ1v) is 21.2. The standard InChI is InChI=1S/C44H64O6Si/c1-35(47-34-36-29-31-38(32-30-36)49-37-21-12-8-7-9-13-22-37)20-18-27-41(45)42(50-44(5,6)46)28-19-33-48-51(43(2,3)4,39-23-14-10-15-24-39)40-25-16-11-17-26-40/h10-11,14-18,23-27,29-32,35,37,41-42,45-46H,7-9,12-13,19-22,28,33-34H2,1-6H3/b27-18-/t35-,41?,42+/m1/s1. The van der Waals surface area contributed by atoms with E-state index in [2.05, 4.69) is 93.6 Å². The Kier molecular flexibility index (Phi) is 16.0. The summed E-state index contributed by atoms with van der Waals surface area (Å²) in [5.41, 5.74) is 1.11. The second-order valence-electron chi connectivity index (χ2n) is 15.8. The van der Waals surface area contributed by atoms with E-state index in [1.165, 1.54) is 42.5 Å². The fraction of sp³-hybridized carbons (Fsp3) is 0.545. The van der Waals surface area contributed by atoms with Crippen LogP contribution in [0.25, 0.3) is 0 Å². The molecule has 0 aromatic heterocycles. The zero-order valence-corrected chi connectivity index (χ0v) is 33.1. The SMILES string of the molecule is C[C@H](C/C=C\C(O)[C@H](CCCO[Si](c1ccccc1)(c1ccccc1)C(C)(C)C)OC(C)(C)O)OCc1ccc(OC2CCCCCCC2)cc1. The van der Waals surface area contributed by atoms with Gasteiger partial charge in [0.15, 0.2) is 5.79 Å². The van der Waals surface area contributed by atoms with Crippen molar-refractivity contribution in [1.29, 1.82) is 0 Å². The maximum atomic E-state index is 11.2. The van der Waals surface area contributed by atoms with Crippen molar-refractivity contribution in [3.63, 3.8) is 0 Å². The van der Waals surface area contributed by atoms with E-state index in [9.17, 15) is 10.2 Å². The number of aliphatic hydroxyl groups is 2. The molecule has 0 radical (unpaired) electrons. The summed E-state index contributed by atoms with van der Waals surface area (Å²) in [7, 11) is -2.66. The second kappa shape index (κ2) is 19.9. The summed E-state index contributed by atoms with van der Waals surface area (Å²) in [5, 5.41) is 24.1. The molecule has 0 aliphatic heterocycles. The Morgan fingerprint density at radius 2 is 1.37 bits per heavy atom. The zero-order chi connectivity index (χ0) is 36.7. The van der Waals surface area contributed by atoms with Crippen molar-refractivity contribution in [1.82, 2.24) is 0 Å². The van der Waals surface area contributed by atoms with E-state index in [0.29, 0.717) is 38.6 Å². The minimum Gasteiger partial charge on any atom is -0.490 e. The van der Waals surface area contributed by atoms with Gasteiger partial charge in [-0.25, -0.2) is 0 Å². The Morgan fingerprint density at radius 1 is 0.804 bits per heavy atom. The molecule has 2 N–H and O–H groups in total. The van der Waals surface area contributed by atoms with E-state index in [4.69, 9.17) is 18.6 Å². The van der Waals surface area contributed by atoms with Gasteiger partial charge in [0.1, 0.15) is 5.75 Å². The maximum absolute atomic E-state index is 11.2. The van der Waals surface area contributed by atoms with Gasteiger partial charge in [0.25, 0.3) is 8.32 Å². The van der Waals surface area contributed by atoms with Gasteiger partial charge in [0.05, 0.1) is 31.0 Å². The van der Waals surface area contributed by atoms with Gasteiger partial charge >= 0.3 is 0 Å². The van der Waals surface area contributed by atoms with Crippen LogP contribution in [0.3, 0.4) is 0 Å². The highest BCUT2D eigenvalue weighted by Gasteiger charge is 2.50. The molecule has 3 aromatic carbocycles. The van der Waals surface area contributed by atoms with Gasteiger partial charge in [0.2, 0.25) is 0 Å². The summed E-state index contributed by atoms with van der Waals surface area (Å²) in [4.78, 5) is 0. The smallest absolute Gasteiger partial charge is 0.261 e. The average molecular weight is 717 g/mol. The van der Waals surface area contributed by atoms with Crippen LogP contribution in [0.15, 0.2) is 97.1 Å². The zero-order valence-electron chi connectivity index (χ0n) is 32.1. The molecule has 0 amide bonds. The summed E-state index contributed by atoms with van der Waals surface area (Å²) in [6, 6.07) is 29.5. The van der Waals surface area contributed by atoms with Crippen LogP contribution in [0.1, 0.15) is 111 Å². The molecule has 1 saturated carbocycles. The lowest BCUT2D eigenvalue weighted by atomic mass is 9.98. The van der Waals surface area contributed by atoms with Crippen molar-refractivity contribution >= 4 is 18.7 Å². The van der Waals surface area contributed by atoms with Crippen LogP contribution in [-0.2, 0) is 20.5 Å². The fourth-order valence-electron chi connectivity index (χ4n) is 7.17. The molecule has 6 nitrogen and oxygen atoms in total. The van der Waals surface area contributed by atoms with Crippen LogP contribution in [-0.4, -0.2) is 55.3 Å². The lowest BCUT2D eigenvalue weighted by Crippen LogP contribution is -2.66. The lowest BCUT2D eigenvalue weighted by molar-refractivity contribution is -0.222. The predicted octanol–water partition coefficient (Wildman–Crippen LogP) is 8.86. The Balaban J connectivity index is 1.29. The van der Waals surface area contributed by atoms with Crippen LogP contribution in [0.5, 0.6) is 5.75 Å². The number of hydrogen-bond donors (Lipinski definition) is 2. The van der Waals surface area contributed by atoms with E-state index in [-0.39, 0.29) is 11.1 Å². The van der Waals surface area contributed by atoms with E-state index < -0.39 is 26.3 Å². The van der Waals surface area contributed by atoms with Crippen molar-refractivity contribution in [3.05, 3.63) is 103 Å². The average Bonchev–Trinajstić information content (AvgIpc) is 3.08. The molecule has 0 bridgehead atoms. The van der Waals surface area contributed by atoms with Crippen LogP contribution in [0.4, 0.5) is 0 Å². The highest BCUT2D eigenvalue weighted by molar-refractivity contribution is 6.99. The minimum absolute atomic E-state index is 0.0344. The number of benzene rings is 3. The van der Waals surface area contributed by atoms with Crippen molar-refractivity contribution in [2.45, 2.75) is 148 Å². The highest BCUT2D eigenvalue weighted by atomic mass is 28.4. The molecule has 3 aromatic rings. The second-order valence-corrected chi connectivity index (χ2v) is 20.1. The van der Waals surface area contributed by atoms with Crippen molar-refractivity contribution in [3.8, 4) is 5.75 Å². The van der Waals surface area contributed by atoms with Gasteiger partial charge in [0, 0.05) is 6.61 Å². The molecule has 0 heterocycles. The van der Waals surface area contributed by atoms with E-state index in [1.54, 1.807) is 19.9 Å². The highest BCUT2D eigenvalue weighted by Crippen LogP contribution is 2.37. The van der Waals surface area contributed by atoms with Gasteiger partial charge in [-0.1, -0.05) is 125 Å². The number of rotatable bonds is 18. The number of ether oxygens (including phenoxy) is 3. The van der Waals surface area contributed by atoms with Gasteiger partial charge in [-0.3, -0.25) is 0 Å². The molecule has 1 aliphatic carbocycles. The summed E-state index contributed by atoms with van der Waals surface area (Å²) < 4.78 is 25.4. The van der Waals surface area contributed by atoms with Crippen LogP contribution in [0.2, 0.25) is 5.04 Å². The molecular weight excluding hydrogens is 653 g/mol. The fourth-order valence-corrected chi connectivity index (χ4v) is 11.8. The molecule has 7 heteroatoms. The van der Waals surface area contributed by atoms with Gasteiger partial charge in [-0.15, -0.1) is 0 Å². The normalized spacial score (nSPS) is 17.1. The molecule has 1 aliphatic rings. The molecule has 280 valence electrons. The molecule has 51 heavy (non-hydrogen) atoms. The molecule has 0 spiro atoms.